The van der Waals surface area contributed by atoms with E-state index in [9.17, 15) is 14.4 Å². The molecule has 0 N–H and O–H groups in total. The number of hydrogen-bond donors (Lipinski definition) is 0. The smallest absolute Gasteiger partial charge is 0.337 e. The van der Waals surface area contributed by atoms with Gasteiger partial charge in [-0.25, -0.2) is 4.79 Å². The maximum Gasteiger partial charge on any atom is 0.337 e. The molecule has 1 aromatic carbocycles. The molecule has 19 heavy (non-hydrogen) atoms. The maximum absolute atomic E-state index is 11.9. The molecular formula is C14H17NO4. The third-order valence-corrected chi connectivity index (χ3v) is 2.81. The van der Waals surface area contributed by atoms with Crippen molar-refractivity contribution < 1.29 is 19.1 Å². The molecular weight excluding hydrogens is 246 g/mol. The molecule has 0 fully saturated rings. The van der Waals surface area contributed by atoms with Crippen molar-refractivity contribution in [2.45, 2.75) is 13.8 Å². The number of rotatable bonds is 5. The first-order valence-electron chi connectivity index (χ1n) is 6.07. The fourth-order valence-electron chi connectivity index (χ4n) is 1.65. The van der Waals surface area contributed by atoms with E-state index < -0.39 is 17.7 Å². The Balaban J connectivity index is 2.89. The van der Waals surface area contributed by atoms with E-state index in [0.29, 0.717) is 18.7 Å². The molecule has 0 bridgehead atoms. The minimum Gasteiger partial charge on any atom is -0.465 e. The Hall–Kier alpha value is -2.17. The second kappa shape index (κ2) is 6.68. The molecule has 0 aliphatic carbocycles. The third-order valence-electron chi connectivity index (χ3n) is 2.81. The van der Waals surface area contributed by atoms with E-state index >= 15 is 0 Å². The van der Waals surface area contributed by atoms with Gasteiger partial charge in [0, 0.05) is 18.7 Å². The number of amides is 1. The lowest BCUT2D eigenvalue weighted by Gasteiger charge is -2.17. The summed E-state index contributed by atoms with van der Waals surface area (Å²) in [7, 11) is 1.28. The summed E-state index contributed by atoms with van der Waals surface area (Å²) in [6, 6.07) is 5.84. The monoisotopic (exact) mass is 263 g/mol. The van der Waals surface area contributed by atoms with Gasteiger partial charge in [-0.15, -0.1) is 0 Å². The molecule has 0 radical (unpaired) electrons. The molecule has 0 saturated heterocycles. The van der Waals surface area contributed by atoms with Crippen LogP contribution < -0.4 is 0 Å². The van der Waals surface area contributed by atoms with E-state index in [-0.39, 0.29) is 5.56 Å². The van der Waals surface area contributed by atoms with E-state index in [2.05, 4.69) is 4.74 Å². The number of Topliss-reactive ketones (excluding diaryl/α,β-unsaturated/α-hetero) is 1. The summed E-state index contributed by atoms with van der Waals surface area (Å²) < 4.78 is 4.56. The van der Waals surface area contributed by atoms with Gasteiger partial charge in [0.25, 0.3) is 5.91 Å². The summed E-state index contributed by atoms with van der Waals surface area (Å²) in [6.07, 6.45) is 0. The Labute approximate surface area is 112 Å². The van der Waals surface area contributed by atoms with Crippen LogP contribution in [0.1, 0.15) is 34.6 Å². The third kappa shape index (κ3) is 3.40. The highest BCUT2D eigenvalue weighted by Gasteiger charge is 2.21. The minimum absolute atomic E-state index is 0.268. The number of nitrogens with zero attached hydrogens (tertiary/aromatic N) is 1. The van der Waals surface area contributed by atoms with Gasteiger partial charge in [-0.3, -0.25) is 9.59 Å². The Morgan fingerprint density at radius 3 is 1.89 bits per heavy atom. The zero-order valence-electron chi connectivity index (χ0n) is 11.3. The number of methoxy groups -OCH3 is 1. The highest BCUT2D eigenvalue weighted by molar-refractivity contribution is 6.42. The van der Waals surface area contributed by atoms with Crippen molar-refractivity contribution in [3.63, 3.8) is 0 Å². The van der Waals surface area contributed by atoms with E-state index in [1.165, 1.54) is 36.3 Å². The minimum atomic E-state index is -0.569. The second-order valence-corrected chi connectivity index (χ2v) is 3.88. The number of benzene rings is 1. The number of carbonyl (C=O) groups excluding carboxylic acids is 3. The van der Waals surface area contributed by atoms with Crippen molar-refractivity contribution >= 4 is 17.7 Å². The van der Waals surface area contributed by atoms with Crippen LogP contribution in [0.3, 0.4) is 0 Å². The zero-order valence-corrected chi connectivity index (χ0v) is 11.3. The summed E-state index contributed by atoms with van der Waals surface area (Å²) >= 11 is 0. The molecule has 0 spiro atoms. The van der Waals surface area contributed by atoms with Gasteiger partial charge >= 0.3 is 5.97 Å². The number of hydrogen-bond acceptors (Lipinski definition) is 4. The number of ketones is 1. The number of likely N-dealkylation sites (N-methyl/N-ethyl adjacent to an activating group) is 1. The van der Waals surface area contributed by atoms with Crippen molar-refractivity contribution in [3.05, 3.63) is 35.4 Å². The summed E-state index contributed by atoms with van der Waals surface area (Å²) in [5.74, 6) is -1.58. The van der Waals surface area contributed by atoms with Crippen molar-refractivity contribution in [2.24, 2.45) is 0 Å². The van der Waals surface area contributed by atoms with Crippen LogP contribution >= 0.6 is 0 Å². The van der Waals surface area contributed by atoms with Crippen LogP contribution in [0.25, 0.3) is 0 Å². The van der Waals surface area contributed by atoms with Gasteiger partial charge in [-0.1, -0.05) is 0 Å². The van der Waals surface area contributed by atoms with Crippen LogP contribution in [0.4, 0.5) is 0 Å². The maximum atomic E-state index is 11.9. The SMILES string of the molecule is CCN(CC)C(=O)C(=O)c1ccc(C(=O)OC)cc1. The summed E-state index contributed by atoms with van der Waals surface area (Å²) in [5, 5.41) is 0. The molecule has 0 aromatic heterocycles. The van der Waals surface area contributed by atoms with Crippen LogP contribution in [0.2, 0.25) is 0 Å². The van der Waals surface area contributed by atoms with E-state index in [4.69, 9.17) is 0 Å². The topological polar surface area (TPSA) is 63.7 Å². The molecule has 0 unspecified atom stereocenters. The Morgan fingerprint density at radius 2 is 1.47 bits per heavy atom. The average Bonchev–Trinajstić information content (AvgIpc) is 2.47. The Morgan fingerprint density at radius 1 is 1.00 bits per heavy atom. The first-order chi connectivity index (χ1) is 9.04. The largest absolute Gasteiger partial charge is 0.465 e. The zero-order chi connectivity index (χ0) is 14.4. The van der Waals surface area contributed by atoms with Gasteiger partial charge in [-0.05, 0) is 38.1 Å². The van der Waals surface area contributed by atoms with Crippen LogP contribution in [0.5, 0.6) is 0 Å². The molecule has 0 heterocycles. The van der Waals surface area contributed by atoms with Crippen molar-refractivity contribution in [3.8, 4) is 0 Å². The van der Waals surface area contributed by atoms with Gasteiger partial charge < -0.3 is 9.64 Å². The van der Waals surface area contributed by atoms with Crippen LogP contribution in [-0.2, 0) is 9.53 Å². The Bertz CT molecular complexity index is 475. The standard InChI is InChI=1S/C14H17NO4/c1-4-15(5-2)13(17)12(16)10-6-8-11(9-7-10)14(18)19-3/h6-9H,4-5H2,1-3H3. The van der Waals surface area contributed by atoms with Gasteiger partial charge in [0.2, 0.25) is 5.78 Å². The van der Waals surface area contributed by atoms with E-state index in [1.807, 2.05) is 13.8 Å². The van der Waals surface area contributed by atoms with Gasteiger partial charge in [0.15, 0.2) is 0 Å². The summed E-state index contributed by atoms with van der Waals surface area (Å²) in [5.41, 5.74) is 0.610. The van der Waals surface area contributed by atoms with Crippen LogP contribution in [0.15, 0.2) is 24.3 Å². The average molecular weight is 263 g/mol. The van der Waals surface area contributed by atoms with Crippen molar-refractivity contribution in [1.82, 2.24) is 4.90 Å². The molecule has 1 amide bonds. The van der Waals surface area contributed by atoms with Crippen molar-refractivity contribution in [2.75, 3.05) is 20.2 Å². The molecule has 5 heteroatoms. The van der Waals surface area contributed by atoms with Crippen LogP contribution in [-0.4, -0.2) is 42.8 Å². The molecule has 1 rings (SSSR count). The first-order valence-corrected chi connectivity index (χ1v) is 6.07. The Kier molecular flexibility index (Phi) is 5.23. The molecule has 0 aliphatic rings. The van der Waals surface area contributed by atoms with E-state index in [0.717, 1.165) is 0 Å². The fraction of sp³-hybridized carbons (Fsp3) is 0.357. The highest BCUT2D eigenvalue weighted by Crippen LogP contribution is 2.08. The lowest BCUT2D eigenvalue weighted by molar-refractivity contribution is -0.126. The summed E-state index contributed by atoms with van der Waals surface area (Å²) in [4.78, 5) is 36.5. The predicted octanol–water partition coefficient (Wildman–Crippen LogP) is 1.52. The first kappa shape index (κ1) is 14.9. The number of ether oxygens (including phenoxy) is 1. The number of esters is 1. The lowest BCUT2D eigenvalue weighted by atomic mass is 10.1. The lowest BCUT2D eigenvalue weighted by Crippen LogP contribution is -2.36. The second-order valence-electron chi connectivity index (χ2n) is 3.88. The summed E-state index contributed by atoms with van der Waals surface area (Å²) in [6.45, 7) is 4.60. The molecule has 0 aliphatic heterocycles. The molecule has 1 aromatic rings. The van der Waals surface area contributed by atoms with E-state index in [1.54, 1.807) is 0 Å². The normalized spacial score (nSPS) is 9.84. The number of carbonyl (C=O) groups is 3. The van der Waals surface area contributed by atoms with Gasteiger partial charge in [0.05, 0.1) is 12.7 Å². The van der Waals surface area contributed by atoms with Crippen LogP contribution in [0, 0.1) is 0 Å². The van der Waals surface area contributed by atoms with Gasteiger partial charge in [-0.2, -0.15) is 0 Å². The fourth-order valence-corrected chi connectivity index (χ4v) is 1.65. The van der Waals surface area contributed by atoms with Gasteiger partial charge in [0.1, 0.15) is 0 Å². The molecule has 0 saturated carbocycles. The molecule has 0 atom stereocenters. The quantitative estimate of drug-likeness (QED) is 0.459. The van der Waals surface area contributed by atoms with Crippen molar-refractivity contribution in [1.29, 1.82) is 0 Å². The molecule has 102 valence electrons. The predicted molar refractivity (Wildman–Crippen MR) is 70.0 cm³/mol. The highest BCUT2D eigenvalue weighted by atomic mass is 16.5. The molecule has 5 nitrogen and oxygen atoms in total.